The predicted octanol–water partition coefficient (Wildman–Crippen LogP) is 7.21. The predicted molar refractivity (Wildman–Crippen MR) is 161 cm³/mol. The van der Waals surface area contributed by atoms with E-state index in [9.17, 15) is 49.1 Å². The summed E-state index contributed by atoms with van der Waals surface area (Å²) in [6.07, 6.45) is -12.7. The lowest BCUT2D eigenvalue weighted by Gasteiger charge is -2.46. The molecular weight excluding hydrogens is 685 g/mol. The van der Waals surface area contributed by atoms with Gasteiger partial charge in [-0.05, 0) is 97.2 Å². The number of primary amides is 1. The highest BCUT2D eigenvalue weighted by Gasteiger charge is 2.44. The maximum Gasteiger partial charge on any atom is 0.416 e. The van der Waals surface area contributed by atoms with Gasteiger partial charge in [0.05, 0.1) is 29.8 Å². The molecule has 0 bridgehead atoms. The number of nitrogens with zero attached hydrogens (tertiary/aromatic N) is 6. The Balaban J connectivity index is 1.61. The van der Waals surface area contributed by atoms with Gasteiger partial charge in [-0.15, -0.1) is 5.10 Å². The standard InChI is InChI=1S/C32H34F9N7O2/c1-3-23-15-26(47(29-43-45-46(2)44-29)16-18-10-21(31(36,37)38)13-22(11-18)32(39,40)41)24-14-20(30(33,34)35)8-9-25(24)48(23)28(50)19-6-4-17(5-7-19)12-27(42)49/h8-11,13-14,17,19,23,26H,3-7,12,15-16H2,1-2H3,(H2,42,49). The maximum absolute atomic E-state index is 14.1. The van der Waals surface area contributed by atoms with Crippen molar-refractivity contribution in [1.29, 1.82) is 0 Å². The second kappa shape index (κ2) is 13.7. The van der Waals surface area contributed by atoms with E-state index in [4.69, 9.17) is 5.73 Å². The smallest absolute Gasteiger partial charge is 0.370 e. The molecule has 9 nitrogen and oxygen atoms in total. The molecule has 1 aliphatic heterocycles. The SMILES string of the molecule is CCC1CC(N(Cc2cc(C(F)(F)F)cc(C(F)(F)F)c2)c2nnn(C)n2)c2cc(C(F)(F)F)ccc2N1C(=O)C1CCC(CC(N)=O)CC1. The lowest BCUT2D eigenvalue weighted by atomic mass is 9.78. The first-order valence-electron chi connectivity index (χ1n) is 15.9. The Morgan fingerprint density at radius 1 is 0.880 bits per heavy atom. The van der Waals surface area contributed by atoms with Crippen molar-refractivity contribution >= 4 is 23.5 Å². The normalized spacial score (nSPS) is 21.5. The zero-order chi connectivity index (χ0) is 36.8. The van der Waals surface area contributed by atoms with E-state index in [1.807, 2.05) is 0 Å². The quantitative estimate of drug-likeness (QED) is 0.247. The Morgan fingerprint density at radius 2 is 1.48 bits per heavy atom. The average molecular weight is 720 g/mol. The Labute approximate surface area is 280 Å². The number of anilines is 2. The Morgan fingerprint density at radius 3 is 1.98 bits per heavy atom. The first kappa shape index (κ1) is 36.9. The molecule has 0 saturated heterocycles. The van der Waals surface area contributed by atoms with E-state index in [1.54, 1.807) is 6.92 Å². The van der Waals surface area contributed by atoms with Crippen LogP contribution < -0.4 is 15.5 Å². The van der Waals surface area contributed by atoms with Crippen LogP contribution in [-0.4, -0.2) is 38.1 Å². The summed E-state index contributed by atoms with van der Waals surface area (Å²) in [6.45, 7) is 1.08. The van der Waals surface area contributed by atoms with Gasteiger partial charge < -0.3 is 15.5 Å². The summed E-state index contributed by atoms with van der Waals surface area (Å²) in [6, 6.07) is 2.12. The monoisotopic (exact) mass is 719 g/mol. The lowest BCUT2D eigenvalue weighted by molar-refractivity contribution is -0.143. The summed E-state index contributed by atoms with van der Waals surface area (Å²) in [4.78, 5) is 29.2. The van der Waals surface area contributed by atoms with Gasteiger partial charge in [0.2, 0.25) is 11.8 Å². The first-order valence-corrected chi connectivity index (χ1v) is 15.9. The number of carbonyl (C=O) groups is 2. The van der Waals surface area contributed by atoms with Gasteiger partial charge in [-0.25, -0.2) is 0 Å². The third-order valence-electron chi connectivity index (χ3n) is 9.36. The number of hydrogen-bond donors (Lipinski definition) is 1. The van der Waals surface area contributed by atoms with Crippen LogP contribution in [0.3, 0.4) is 0 Å². The highest BCUT2D eigenvalue weighted by molar-refractivity contribution is 5.97. The van der Waals surface area contributed by atoms with Gasteiger partial charge in [0.1, 0.15) is 0 Å². The van der Waals surface area contributed by atoms with Crippen LogP contribution >= 0.6 is 0 Å². The van der Waals surface area contributed by atoms with E-state index in [-0.39, 0.29) is 47.9 Å². The molecule has 2 aromatic carbocycles. The number of tetrazole rings is 1. The second-order valence-corrected chi connectivity index (χ2v) is 12.8. The Bertz CT molecular complexity index is 1680. The number of rotatable bonds is 8. The molecule has 3 aromatic rings. The number of aromatic nitrogens is 4. The molecule has 0 radical (unpaired) electrons. The number of fused-ring (bicyclic) bond motifs is 1. The van der Waals surface area contributed by atoms with Crippen molar-refractivity contribution in [2.24, 2.45) is 24.6 Å². The van der Waals surface area contributed by atoms with Crippen molar-refractivity contribution in [3.05, 3.63) is 64.2 Å². The van der Waals surface area contributed by atoms with E-state index >= 15 is 0 Å². The number of aryl methyl sites for hydroxylation is 1. The zero-order valence-corrected chi connectivity index (χ0v) is 26.9. The molecule has 1 aromatic heterocycles. The van der Waals surface area contributed by atoms with Crippen molar-refractivity contribution in [2.45, 2.75) is 89.0 Å². The van der Waals surface area contributed by atoms with Crippen molar-refractivity contribution < 1.29 is 49.1 Å². The molecule has 2 aliphatic rings. The largest absolute Gasteiger partial charge is 0.416 e. The minimum atomic E-state index is -5.14. The minimum Gasteiger partial charge on any atom is -0.370 e. The summed E-state index contributed by atoms with van der Waals surface area (Å²) < 4.78 is 125. The molecule has 2 unspecified atom stereocenters. The molecule has 1 aliphatic carbocycles. The van der Waals surface area contributed by atoms with Crippen LogP contribution in [0, 0.1) is 11.8 Å². The molecule has 50 heavy (non-hydrogen) atoms. The van der Waals surface area contributed by atoms with Crippen LogP contribution in [0.25, 0.3) is 0 Å². The van der Waals surface area contributed by atoms with Crippen molar-refractivity contribution in [2.75, 3.05) is 9.80 Å². The molecule has 1 fully saturated rings. The van der Waals surface area contributed by atoms with E-state index in [0.29, 0.717) is 44.2 Å². The number of halogens is 9. The van der Waals surface area contributed by atoms with Gasteiger partial charge in [0.25, 0.3) is 5.95 Å². The maximum atomic E-state index is 14.1. The molecule has 5 rings (SSSR count). The molecule has 1 saturated carbocycles. The highest BCUT2D eigenvalue weighted by Crippen LogP contribution is 2.47. The van der Waals surface area contributed by atoms with Gasteiger partial charge in [-0.1, -0.05) is 12.0 Å². The number of carbonyl (C=O) groups excluding carboxylic acids is 2. The van der Waals surface area contributed by atoms with Crippen LogP contribution in [0.1, 0.15) is 85.7 Å². The van der Waals surface area contributed by atoms with Crippen LogP contribution in [-0.2, 0) is 41.7 Å². The number of amides is 2. The molecule has 2 heterocycles. The molecule has 18 heteroatoms. The fourth-order valence-corrected chi connectivity index (χ4v) is 6.96. The van der Waals surface area contributed by atoms with Crippen LogP contribution in [0.4, 0.5) is 51.1 Å². The van der Waals surface area contributed by atoms with Crippen molar-refractivity contribution in [1.82, 2.24) is 20.2 Å². The van der Waals surface area contributed by atoms with Gasteiger partial charge in [0, 0.05) is 30.6 Å². The van der Waals surface area contributed by atoms with Crippen LogP contribution in [0.15, 0.2) is 36.4 Å². The third-order valence-corrected chi connectivity index (χ3v) is 9.36. The van der Waals surface area contributed by atoms with E-state index < -0.39 is 71.2 Å². The van der Waals surface area contributed by atoms with E-state index in [0.717, 1.165) is 23.0 Å². The summed E-state index contributed by atoms with van der Waals surface area (Å²) in [5.74, 6) is -1.53. The highest BCUT2D eigenvalue weighted by atomic mass is 19.4. The van der Waals surface area contributed by atoms with Gasteiger partial charge >= 0.3 is 18.5 Å². The molecule has 272 valence electrons. The summed E-state index contributed by atoms with van der Waals surface area (Å²) >= 11 is 0. The molecule has 2 N–H and O–H groups in total. The first-order chi connectivity index (χ1) is 23.3. The number of nitrogens with two attached hydrogens (primary N) is 1. The zero-order valence-electron chi connectivity index (χ0n) is 26.9. The third kappa shape index (κ3) is 7.98. The van der Waals surface area contributed by atoms with E-state index in [1.165, 1.54) is 16.8 Å². The topological polar surface area (TPSA) is 110 Å². The summed E-state index contributed by atoms with van der Waals surface area (Å²) in [7, 11) is 1.37. The fraction of sp³-hybridized carbons (Fsp3) is 0.531. The Hall–Kier alpha value is -4.38. The summed E-state index contributed by atoms with van der Waals surface area (Å²) in [5, 5.41) is 11.8. The average Bonchev–Trinajstić information content (AvgIpc) is 3.46. The van der Waals surface area contributed by atoms with Gasteiger partial charge in [-0.3, -0.25) is 9.59 Å². The molecule has 0 spiro atoms. The van der Waals surface area contributed by atoms with E-state index in [2.05, 4.69) is 15.4 Å². The minimum absolute atomic E-state index is 0.00707. The molecular formula is C32H34F9N7O2. The van der Waals surface area contributed by atoms with Gasteiger partial charge in [0.15, 0.2) is 0 Å². The Kier molecular flexibility index (Phi) is 10.1. The fourth-order valence-electron chi connectivity index (χ4n) is 6.96. The lowest BCUT2D eigenvalue weighted by Crippen LogP contribution is -2.50. The number of alkyl halides is 9. The number of benzene rings is 2. The van der Waals surface area contributed by atoms with Gasteiger partial charge in [-0.2, -0.15) is 44.3 Å². The second-order valence-electron chi connectivity index (χ2n) is 12.8. The van der Waals surface area contributed by atoms with Crippen LogP contribution in [0.5, 0.6) is 0 Å². The van der Waals surface area contributed by atoms with Crippen molar-refractivity contribution in [3.8, 4) is 0 Å². The summed E-state index contributed by atoms with van der Waals surface area (Å²) in [5.41, 5.74) is 0.782. The van der Waals surface area contributed by atoms with Crippen molar-refractivity contribution in [3.63, 3.8) is 0 Å². The number of hydrogen-bond acceptors (Lipinski definition) is 6. The molecule has 2 atom stereocenters. The molecule has 2 amide bonds. The van der Waals surface area contributed by atoms with Crippen LogP contribution in [0.2, 0.25) is 0 Å².